The van der Waals surface area contributed by atoms with Crippen LogP contribution in [0.1, 0.15) is 60.0 Å². The summed E-state index contributed by atoms with van der Waals surface area (Å²) in [6.45, 7) is 3.81. The Kier molecular flexibility index (Phi) is 7.82. The number of hydrogen-bond donors (Lipinski definition) is 2. The Labute approximate surface area is 207 Å². The van der Waals surface area contributed by atoms with E-state index in [1.807, 2.05) is 19.2 Å². The monoisotopic (exact) mass is 504 g/mol. The molecule has 1 saturated heterocycles. The lowest BCUT2D eigenvalue weighted by Crippen LogP contribution is -2.63. The Morgan fingerprint density at radius 3 is 2.44 bits per heavy atom. The number of pyridine rings is 1. The number of benzene rings is 1. The van der Waals surface area contributed by atoms with Crippen molar-refractivity contribution in [2.45, 2.75) is 63.3 Å². The van der Waals surface area contributed by atoms with E-state index in [1.165, 1.54) is 11.6 Å². The van der Waals surface area contributed by atoms with Crippen molar-refractivity contribution in [2.75, 3.05) is 19.6 Å². The molecule has 0 atom stereocenters. The molecule has 2 aromatic rings. The third kappa shape index (κ3) is 6.16. The number of likely N-dealkylation sites (tertiary alicyclic amines) is 1. The number of carbonyl (C=O) groups is 2. The number of alkyl halides is 3. The summed E-state index contributed by atoms with van der Waals surface area (Å²) in [5.41, 5.74) is 0.194. The van der Waals surface area contributed by atoms with E-state index in [9.17, 15) is 27.6 Å². The number of amides is 2. The van der Waals surface area contributed by atoms with Crippen LogP contribution in [-0.2, 0) is 17.5 Å². The number of nitrogens with zero attached hydrogens (tertiary/aromatic N) is 2. The third-order valence-corrected chi connectivity index (χ3v) is 7.17. The lowest BCUT2D eigenvalue weighted by Gasteiger charge is -2.46. The highest BCUT2D eigenvalue weighted by Crippen LogP contribution is 2.35. The SMILES string of the molecule is CCn1cc(C2CCC(N3CC(NC(=O)CNC(=O)c4cccc(C(F)(F)F)c4)C3)CC2)ccc1=O. The van der Waals surface area contributed by atoms with Crippen LogP contribution < -0.4 is 16.2 Å². The summed E-state index contributed by atoms with van der Waals surface area (Å²) < 4.78 is 40.2. The number of aromatic nitrogens is 1. The molecule has 2 N–H and O–H groups in total. The maximum Gasteiger partial charge on any atom is 0.416 e. The second kappa shape index (κ2) is 10.9. The molecule has 0 spiro atoms. The molecule has 2 amide bonds. The van der Waals surface area contributed by atoms with Gasteiger partial charge in [-0.3, -0.25) is 19.3 Å². The molecule has 10 heteroatoms. The summed E-state index contributed by atoms with van der Waals surface area (Å²) in [4.78, 5) is 38.6. The van der Waals surface area contributed by atoms with Gasteiger partial charge in [-0.1, -0.05) is 12.1 Å². The first kappa shape index (κ1) is 25.9. The van der Waals surface area contributed by atoms with E-state index in [0.29, 0.717) is 18.5 Å². The van der Waals surface area contributed by atoms with Gasteiger partial charge in [-0.25, -0.2) is 0 Å². The maximum atomic E-state index is 12.8. The van der Waals surface area contributed by atoms with E-state index in [4.69, 9.17) is 0 Å². The van der Waals surface area contributed by atoms with E-state index >= 15 is 0 Å². The molecule has 194 valence electrons. The van der Waals surface area contributed by atoms with Crippen LogP contribution in [0.5, 0.6) is 0 Å². The first-order valence-electron chi connectivity index (χ1n) is 12.3. The van der Waals surface area contributed by atoms with Crippen molar-refractivity contribution >= 4 is 11.8 Å². The van der Waals surface area contributed by atoms with Crippen LogP contribution in [0, 0.1) is 0 Å². The molecule has 7 nitrogen and oxygen atoms in total. The Morgan fingerprint density at radius 2 is 1.78 bits per heavy atom. The zero-order valence-electron chi connectivity index (χ0n) is 20.2. The number of aryl methyl sites for hydroxylation is 1. The second-order valence-corrected chi connectivity index (χ2v) is 9.57. The van der Waals surface area contributed by atoms with Crippen molar-refractivity contribution in [3.05, 3.63) is 69.6 Å². The predicted octanol–water partition coefficient (Wildman–Crippen LogP) is 3.14. The first-order valence-corrected chi connectivity index (χ1v) is 12.3. The summed E-state index contributed by atoms with van der Waals surface area (Å²) in [6, 6.07) is 8.16. The van der Waals surface area contributed by atoms with Gasteiger partial charge in [0.15, 0.2) is 0 Å². The molecule has 1 saturated carbocycles. The molecule has 0 unspecified atom stereocenters. The normalized spacial score (nSPS) is 21.0. The van der Waals surface area contributed by atoms with Crippen LogP contribution in [0.4, 0.5) is 13.2 Å². The molecule has 1 aromatic carbocycles. The fraction of sp³-hybridized carbons (Fsp3) is 0.500. The van der Waals surface area contributed by atoms with Crippen LogP contribution in [0.2, 0.25) is 0 Å². The van der Waals surface area contributed by atoms with Gasteiger partial charge in [0.05, 0.1) is 18.2 Å². The summed E-state index contributed by atoms with van der Waals surface area (Å²) in [7, 11) is 0. The van der Waals surface area contributed by atoms with E-state index in [0.717, 1.165) is 57.0 Å². The zero-order valence-corrected chi connectivity index (χ0v) is 20.2. The molecule has 2 heterocycles. The standard InChI is InChI=1S/C26H31F3N4O3/c1-2-32-14-19(8-11-24(32)35)17-6-9-22(10-7-17)33-15-21(16-33)31-23(34)13-30-25(36)18-4-3-5-20(12-18)26(27,28)29/h3-5,8,11-12,14,17,21-22H,2,6-7,9-10,13,15-16H2,1H3,(H,30,36)(H,31,34). The smallest absolute Gasteiger partial charge is 0.349 e. The van der Waals surface area contributed by atoms with Gasteiger partial charge in [-0.05, 0) is 62.3 Å². The fourth-order valence-corrected chi connectivity index (χ4v) is 5.09. The van der Waals surface area contributed by atoms with Crippen LogP contribution in [0.25, 0.3) is 0 Å². The van der Waals surface area contributed by atoms with E-state index in [2.05, 4.69) is 15.5 Å². The van der Waals surface area contributed by atoms with Crippen molar-refractivity contribution < 1.29 is 22.8 Å². The van der Waals surface area contributed by atoms with Crippen LogP contribution in [0.15, 0.2) is 47.4 Å². The molecular formula is C26H31F3N4O3. The number of rotatable bonds is 7. The second-order valence-electron chi connectivity index (χ2n) is 9.57. The number of hydrogen-bond acceptors (Lipinski definition) is 4. The van der Waals surface area contributed by atoms with E-state index in [-0.39, 0.29) is 29.6 Å². The van der Waals surface area contributed by atoms with Gasteiger partial charge in [0.2, 0.25) is 5.91 Å². The molecular weight excluding hydrogens is 473 g/mol. The van der Waals surface area contributed by atoms with Crippen molar-refractivity contribution in [2.24, 2.45) is 0 Å². The fourth-order valence-electron chi connectivity index (χ4n) is 5.09. The Morgan fingerprint density at radius 1 is 1.06 bits per heavy atom. The molecule has 1 aromatic heterocycles. The van der Waals surface area contributed by atoms with Crippen molar-refractivity contribution in [3.8, 4) is 0 Å². The number of carbonyl (C=O) groups excluding carboxylic acids is 2. The van der Waals surface area contributed by atoms with E-state index in [1.54, 1.807) is 10.6 Å². The van der Waals surface area contributed by atoms with Gasteiger partial charge < -0.3 is 15.2 Å². The number of halogens is 3. The number of nitrogens with one attached hydrogen (secondary N) is 2. The van der Waals surface area contributed by atoms with Crippen molar-refractivity contribution in [1.29, 1.82) is 0 Å². The minimum Gasteiger partial charge on any atom is -0.349 e. The maximum absolute atomic E-state index is 12.8. The molecule has 0 bridgehead atoms. The molecule has 1 aliphatic carbocycles. The molecule has 0 radical (unpaired) electrons. The van der Waals surface area contributed by atoms with Gasteiger partial charge in [0.25, 0.3) is 11.5 Å². The van der Waals surface area contributed by atoms with Gasteiger partial charge in [0.1, 0.15) is 0 Å². The highest BCUT2D eigenvalue weighted by Gasteiger charge is 2.35. The molecule has 2 aliphatic rings. The van der Waals surface area contributed by atoms with Gasteiger partial charge in [-0.15, -0.1) is 0 Å². The first-order chi connectivity index (χ1) is 17.1. The van der Waals surface area contributed by atoms with Crippen LogP contribution in [0.3, 0.4) is 0 Å². The van der Waals surface area contributed by atoms with Crippen molar-refractivity contribution in [1.82, 2.24) is 20.1 Å². The largest absolute Gasteiger partial charge is 0.416 e. The highest BCUT2D eigenvalue weighted by atomic mass is 19.4. The predicted molar refractivity (Wildman–Crippen MR) is 129 cm³/mol. The molecule has 36 heavy (non-hydrogen) atoms. The topological polar surface area (TPSA) is 83.4 Å². The molecule has 2 fully saturated rings. The highest BCUT2D eigenvalue weighted by molar-refractivity contribution is 5.96. The summed E-state index contributed by atoms with van der Waals surface area (Å²) in [5.74, 6) is -0.635. The summed E-state index contributed by atoms with van der Waals surface area (Å²) in [6.07, 6.45) is 1.68. The Bertz CT molecular complexity index is 1150. The van der Waals surface area contributed by atoms with Crippen molar-refractivity contribution in [3.63, 3.8) is 0 Å². The minimum absolute atomic E-state index is 0.00575. The average molecular weight is 505 g/mol. The minimum atomic E-state index is -4.54. The summed E-state index contributed by atoms with van der Waals surface area (Å²) in [5, 5.41) is 5.26. The van der Waals surface area contributed by atoms with Gasteiger partial charge in [-0.2, -0.15) is 13.2 Å². The quantitative estimate of drug-likeness (QED) is 0.607. The zero-order chi connectivity index (χ0) is 25.9. The van der Waals surface area contributed by atoms with E-state index < -0.39 is 17.6 Å². The van der Waals surface area contributed by atoms with Gasteiger partial charge >= 0.3 is 6.18 Å². The Hall–Kier alpha value is -3.14. The Balaban J connectivity index is 1.17. The van der Waals surface area contributed by atoms with Crippen LogP contribution >= 0.6 is 0 Å². The lowest BCUT2D eigenvalue weighted by atomic mass is 9.81. The molecule has 4 rings (SSSR count). The van der Waals surface area contributed by atoms with Crippen LogP contribution in [-0.4, -0.2) is 53.0 Å². The average Bonchev–Trinajstić information content (AvgIpc) is 2.84. The molecule has 1 aliphatic heterocycles. The lowest BCUT2D eigenvalue weighted by molar-refractivity contribution is -0.137. The summed E-state index contributed by atoms with van der Waals surface area (Å²) >= 11 is 0. The third-order valence-electron chi connectivity index (χ3n) is 7.17. The van der Waals surface area contributed by atoms with Gasteiger partial charge in [0, 0.05) is 43.5 Å².